The van der Waals surface area contributed by atoms with E-state index in [1.54, 1.807) is 41.0 Å². The number of morpholine rings is 1. The number of rotatable bonds is 8. The number of aromatic nitrogens is 2. The van der Waals surface area contributed by atoms with Gasteiger partial charge >= 0.3 is 11.7 Å². The molecule has 220 valence electrons. The number of benzene rings is 1. The molecule has 41 heavy (non-hydrogen) atoms. The predicted octanol–water partition coefficient (Wildman–Crippen LogP) is -1.00. The van der Waals surface area contributed by atoms with Crippen LogP contribution in [-0.2, 0) is 19.1 Å². The van der Waals surface area contributed by atoms with E-state index in [0.717, 1.165) is 0 Å². The summed E-state index contributed by atoms with van der Waals surface area (Å²) in [6.07, 6.45) is 0.113. The summed E-state index contributed by atoms with van der Waals surface area (Å²) < 4.78 is 12.5. The molecule has 0 unspecified atom stereocenters. The monoisotopic (exact) mass is 570 g/mol. The lowest BCUT2D eigenvalue weighted by molar-refractivity contribution is -0.156. The highest BCUT2D eigenvalue weighted by Gasteiger charge is 2.27. The van der Waals surface area contributed by atoms with E-state index < -0.39 is 29.6 Å². The molecule has 0 spiro atoms. The number of carbonyl (C=O) groups excluding carboxylic acids is 4. The molecule has 0 saturated carbocycles. The first-order valence-electron chi connectivity index (χ1n) is 13.4. The van der Waals surface area contributed by atoms with Gasteiger partial charge in [0.2, 0.25) is 5.91 Å². The van der Waals surface area contributed by atoms with Crippen molar-refractivity contribution in [3.63, 3.8) is 0 Å². The smallest absolute Gasteiger partial charge is 0.330 e. The van der Waals surface area contributed by atoms with Gasteiger partial charge in [0.15, 0.2) is 6.23 Å². The lowest BCUT2D eigenvalue weighted by atomic mass is 10.1. The molecule has 4 rings (SSSR count). The molecule has 3 amide bonds. The highest BCUT2D eigenvalue weighted by molar-refractivity contribution is 5.97. The van der Waals surface area contributed by atoms with Crippen molar-refractivity contribution < 1.29 is 28.7 Å². The van der Waals surface area contributed by atoms with Crippen LogP contribution < -0.4 is 21.9 Å². The fourth-order valence-electron chi connectivity index (χ4n) is 4.62. The highest BCUT2D eigenvalue weighted by atomic mass is 16.6. The molecular weight excluding hydrogens is 536 g/mol. The quantitative estimate of drug-likeness (QED) is 0.337. The molecule has 0 bridgehead atoms. The average molecular weight is 571 g/mol. The summed E-state index contributed by atoms with van der Waals surface area (Å²) in [6, 6.07) is 6.40. The number of hydrogen-bond acceptors (Lipinski definition) is 9. The summed E-state index contributed by atoms with van der Waals surface area (Å²) in [4.78, 5) is 78.7. The van der Waals surface area contributed by atoms with Gasteiger partial charge in [-0.05, 0) is 31.2 Å². The Morgan fingerprint density at radius 1 is 0.976 bits per heavy atom. The Morgan fingerprint density at radius 3 is 2.32 bits per heavy atom. The largest absolute Gasteiger partial charge is 0.463 e. The third-order valence-electron chi connectivity index (χ3n) is 7.01. The minimum atomic E-state index is -0.676. The van der Waals surface area contributed by atoms with Gasteiger partial charge in [-0.1, -0.05) is 0 Å². The number of aromatic amines is 1. The zero-order chi connectivity index (χ0) is 29.5. The van der Waals surface area contributed by atoms with Crippen molar-refractivity contribution in [2.75, 3.05) is 52.9 Å². The van der Waals surface area contributed by atoms with Crippen LogP contribution in [0.25, 0.3) is 0 Å². The second-order valence-electron chi connectivity index (χ2n) is 9.86. The number of nitrogens with zero attached hydrogens (tertiary/aromatic N) is 3. The number of ether oxygens (including phenoxy) is 2. The summed E-state index contributed by atoms with van der Waals surface area (Å²) in [6.45, 7) is 3.69. The van der Waals surface area contributed by atoms with Gasteiger partial charge in [0, 0.05) is 75.6 Å². The molecule has 2 aromatic rings. The van der Waals surface area contributed by atoms with Crippen molar-refractivity contribution in [2.24, 2.45) is 0 Å². The van der Waals surface area contributed by atoms with Crippen LogP contribution in [0.2, 0.25) is 0 Å². The maximum atomic E-state index is 12.8. The molecule has 14 heteroatoms. The maximum absolute atomic E-state index is 12.8. The molecule has 1 aromatic carbocycles. The summed E-state index contributed by atoms with van der Waals surface area (Å²) in [5.41, 5.74) is 0.238. The molecule has 2 fully saturated rings. The molecule has 1 aromatic heterocycles. The van der Waals surface area contributed by atoms with Crippen LogP contribution in [0.15, 0.2) is 40.1 Å². The van der Waals surface area contributed by atoms with Crippen LogP contribution in [-0.4, -0.2) is 102 Å². The van der Waals surface area contributed by atoms with E-state index in [9.17, 15) is 28.8 Å². The molecule has 14 nitrogen and oxygen atoms in total. The van der Waals surface area contributed by atoms with E-state index in [2.05, 4.69) is 15.6 Å². The van der Waals surface area contributed by atoms with Gasteiger partial charge in [-0.3, -0.25) is 33.5 Å². The number of esters is 1. The molecule has 3 N–H and O–H groups in total. The van der Waals surface area contributed by atoms with Crippen molar-refractivity contribution in [2.45, 2.75) is 32.1 Å². The number of amides is 3. The first-order valence-corrected chi connectivity index (χ1v) is 13.4. The molecule has 2 aliphatic rings. The highest BCUT2D eigenvalue weighted by Crippen LogP contribution is 2.14. The fraction of sp³-hybridized carbons (Fsp3) is 0.481. The van der Waals surface area contributed by atoms with Crippen molar-refractivity contribution in [1.82, 2.24) is 30.0 Å². The van der Waals surface area contributed by atoms with Gasteiger partial charge in [-0.25, -0.2) is 4.79 Å². The van der Waals surface area contributed by atoms with E-state index in [1.807, 2.05) is 0 Å². The first kappa shape index (κ1) is 29.7. The van der Waals surface area contributed by atoms with E-state index in [4.69, 9.17) is 9.47 Å². The third kappa shape index (κ3) is 7.46. The van der Waals surface area contributed by atoms with E-state index in [1.165, 1.54) is 17.8 Å². The Hall–Kier alpha value is -4.30. The zero-order valence-electron chi connectivity index (χ0n) is 23.0. The van der Waals surface area contributed by atoms with Gasteiger partial charge < -0.3 is 29.9 Å². The van der Waals surface area contributed by atoms with Crippen LogP contribution in [0.5, 0.6) is 0 Å². The van der Waals surface area contributed by atoms with E-state index in [-0.39, 0.29) is 37.2 Å². The lowest BCUT2D eigenvalue weighted by Gasteiger charge is -2.35. The molecule has 2 atom stereocenters. The topological polar surface area (TPSA) is 172 Å². The first-order chi connectivity index (χ1) is 19.7. The third-order valence-corrected chi connectivity index (χ3v) is 7.01. The van der Waals surface area contributed by atoms with Crippen molar-refractivity contribution in [1.29, 1.82) is 0 Å². The second kappa shape index (κ2) is 13.4. The SMILES string of the molecule is CNC(=O)c1ccc(C(=O)N2CCN(C(=O)CCC(=O)OC[C@@H]3CNC[C@H](n4cc(C)c(=O)[nH]c4=O)O3)CC2)cc1. The maximum Gasteiger partial charge on any atom is 0.330 e. The van der Waals surface area contributed by atoms with Crippen molar-refractivity contribution >= 4 is 23.7 Å². The number of carbonyl (C=O) groups is 4. The average Bonchev–Trinajstić information content (AvgIpc) is 3.00. The van der Waals surface area contributed by atoms with Gasteiger partial charge in [-0.2, -0.15) is 0 Å². The number of nitrogens with one attached hydrogen (secondary N) is 3. The molecule has 2 saturated heterocycles. The Kier molecular flexibility index (Phi) is 9.68. The summed E-state index contributed by atoms with van der Waals surface area (Å²) in [5.74, 6) is -1.15. The number of piperazine rings is 1. The van der Waals surface area contributed by atoms with E-state index in [0.29, 0.717) is 56.0 Å². The predicted molar refractivity (Wildman–Crippen MR) is 145 cm³/mol. The standard InChI is InChI=1S/C27H34N6O8/c1-17-15-33(27(39)30-24(17)36)22-14-29-13-20(41-22)16-40-23(35)8-7-21(34)31-9-11-32(12-10-31)26(38)19-5-3-18(4-6-19)25(37)28-2/h3-6,15,20,22,29H,7-14,16H2,1-2H3,(H,28,37)(H,30,36,39)/t20-,22+/m0/s1. The Morgan fingerprint density at radius 2 is 1.63 bits per heavy atom. The normalized spacial score (nSPS) is 19.0. The lowest BCUT2D eigenvalue weighted by Crippen LogP contribution is -2.50. The van der Waals surface area contributed by atoms with Gasteiger partial charge in [0.1, 0.15) is 12.7 Å². The molecular formula is C27H34N6O8. The van der Waals surface area contributed by atoms with Crippen molar-refractivity contribution in [3.8, 4) is 0 Å². The van der Waals surface area contributed by atoms with Gasteiger partial charge in [0.25, 0.3) is 17.4 Å². The number of aryl methyl sites for hydroxylation is 1. The molecule has 3 heterocycles. The van der Waals surface area contributed by atoms with Crippen LogP contribution in [0.1, 0.15) is 45.3 Å². The van der Waals surface area contributed by atoms with Crippen LogP contribution in [0.4, 0.5) is 0 Å². The number of H-pyrrole nitrogens is 1. The fourth-order valence-corrected chi connectivity index (χ4v) is 4.62. The Labute approximate surface area is 235 Å². The minimum Gasteiger partial charge on any atom is -0.463 e. The van der Waals surface area contributed by atoms with Crippen LogP contribution in [0.3, 0.4) is 0 Å². The second-order valence-corrected chi connectivity index (χ2v) is 9.86. The Bertz CT molecular complexity index is 1390. The summed E-state index contributed by atoms with van der Waals surface area (Å²) in [5, 5.41) is 5.65. The Balaban J connectivity index is 1.17. The molecule has 2 aliphatic heterocycles. The van der Waals surface area contributed by atoms with E-state index >= 15 is 0 Å². The molecule has 0 aliphatic carbocycles. The summed E-state index contributed by atoms with van der Waals surface area (Å²) >= 11 is 0. The minimum absolute atomic E-state index is 0.0216. The van der Waals surface area contributed by atoms with Crippen LogP contribution in [0, 0.1) is 6.92 Å². The number of hydrogen-bond donors (Lipinski definition) is 3. The van der Waals surface area contributed by atoms with Gasteiger partial charge in [-0.15, -0.1) is 0 Å². The zero-order valence-corrected chi connectivity index (χ0v) is 23.0. The summed E-state index contributed by atoms with van der Waals surface area (Å²) in [7, 11) is 1.54. The molecule has 0 radical (unpaired) electrons. The van der Waals surface area contributed by atoms with Crippen molar-refractivity contribution in [3.05, 3.63) is 68.0 Å². The van der Waals surface area contributed by atoms with Gasteiger partial charge in [0.05, 0.1) is 6.42 Å². The van der Waals surface area contributed by atoms with Crippen LogP contribution >= 0.6 is 0 Å².